The van der Waals surface area contributed by atoms with Crippen molar-refractivity contribution in [1.29, 1.82) is 0 Å². The molecule has 1 N–H and O–H groups in total. The molecule has 0 radical (unpaired) electrons. The number of nitrogens with zero attached hydrogens (tertiary/aromatic N) is 1. The fourth-order valence-electron chi connectivity index (χ4n) is 2.41. The van der Waals surface area contributed by atoms with Crippen molar-refractivity contribution in [3.05, 3.63) is 65.2 Å². The molecule has 0 aliphatic heterocycles. The van der Waals surface area contributed by atoms with Crippen LogP contribution < -0.4 is 5.32 Å². The smallest absolute Gasteiger partial charge is 0.317 e. The van der Waals surface area contributed by atoms with Gasteiger partial charge in [0.15, 0.2) is 0 Å². The molecular formula is C19H24N2O2S. The first-order valence-corrected chi connectivity index (χ1v) is 9.04. The van der Waals surface area contributed by atoms with E-state index < -0.39 is 0 Å². The number of nitrogens with one attached hydrogen (secondary N) is 1. The largest absolute Gasteiger partial charge is 0.380 e. The van der Waals surface area contributed by atoms with Crippen molar-refractivity contribution in [1.82, 2.24) is 10.2 Å². The zero-order chi connectivity index (χ0) is 17.4. The molecule has 2 aromatic carbocycles. The van der Waals surface area contributed by atoms with E-state index in [1.165, 1.54) is 4.90 Å². The minimum absolute atomic E-state index is 0.0869. The Morgan fingerprint density at radius 3 is 2.42 bits per heavy atom. The number of carbonyl (C=O) groups excluding carboxylic acids is 1. The molecule has 0 aliphatic rings. The lowest BCUT2D eigenvalue weighted by atomic mass is 10.1. The number of hydrogen-bond donors (Lipinski definition) is 1. The maximum atomic E-state index is 12.3. The molecule has 0 spiro atoms. The molecule has 2 aromatic rings. The third-order valence-corrected chi connectivity index (χ3v) is 4.52. The van der Waals surface area contributed by atoms with E-state index in [4.69, 9.17) is 4.74 Å². The predicted octanol–water partition coefficient (Wildman–Crippen LogP) is 3.90. The number of rotatable bonds is 7. The number of ether oxygens (including phenoxy) is 1. The predicted molar refractivity (Wildman–Crippen MR) is 99.1 cm³/mol. The Labute approximate surface area is 148 Å². The summed E-state index contributed by atoms with van der Waals surface area (Å²) in [6.07, 6.45) is 2.05. The van der Waals surface area contributed by atoms with Gasteiger partial charge in [-0.3, -0.25) is 0 Å². The van der Waals surface area contributed by atoms with Crippen molar-refractivity contribution >= 4 is 17.8 Å². The van der Waals surface area contributed by atoms with Crippen LogP contribution in [0.15, 0.2) is 53.4 Å². The molecule has 0 saturated carbocycles. The van der Waals surface area contributed by atoms with Crippen LogP contribution in [-0.4, -0.2) is 31.3 Å². The van der Waals surface area contributed by atoms with E-state index in [0.717, 1.165) is 16.7 Å². The van der Waals surface area contributed by atoms with Crippen LogP contribution in [0.5, 0.6) is 0 Å². The summed E-state index contributed by atoms with van der Waals surface area (Å²) in [7, 11) is 3.48. The van der Waals surface area contributed by atoms with E-state index in [-0.39, 0.29) is 6.03 Å². The third-order valence-electron chi connectivity index (χ3n) is 3.77. The SMILES string of the molecule is COCc1ccccc1CNC(=O)N(C)Cc1ccc(SC)cc1. The van der Waals surface area contributed by atoms with Gasteiger partial charge in [0.2, 0.25) is 0 Å². The van der Waals surface area contributed by atoms with Gasteiger partial charge in [0.05, 0.1) is 6.61 Å². The van der Waals surface area contributed by atoms with Crippen LogP contribution in [0.4, 0.5) is 4.79 Å². The van der Waals surface area contributed by atoms with Gasteiger partial charge in [-0.15, -0.1) is 11.8 Å². The number of amides is 2. The molecule has 128 valence electrons. The van der Waals surface area contributed by atoms with Gasteiger partial charge in [0.1, 0.15) is 0 Å². The number of benzene rings is 2. The van der Waals surface area contributed by atoms with Gasteiger partial charge in [0.25, 0.3) is 0 Å². The average Bonchev–Trinajstić information content (AvgIpc) is 2.61. The van der Waals surface area contributed by atoms with Crippen molar-refractivity contribution in [2.24, 2.45) is 0 Å². The molecule has 2 amide bonds. The van der Waals surface area contributed by atoms with Gasteiger partial charge in [-0.1, -0.05) is 36.4 Å². The maximum absolute atomic E-state index is 12.3. The average molecular weight is 344 g/mol. The summed E-state index contributed by atoms with van der Waals surface area (Å²) in [6.45, 7) is 1.62. The van der Waals surface area contributed by atoms with Crippen LogP contribution in [0, 0.1) is 0 Å². The van der Waals surface area contributed by atoms with Gasteiger partial charge < -0.3 is 15.0 Å². The second kappa shape index (κ2) is 9.35. The Bertz CT molecular complexity index is 659. The van der Waals surface area contributed by atoms with Gasteiger partial charge in [-0.2, -0.15) is 0 Å². The summed E-state index contributed by atoms with van der Waals surface area (Å²) in [5.74, 6) is 0. The molecule has 2 rings (SSSR count). The minimum atomic E-state index is -0.0869. The van der Waals surface area contributed by atoms with Crippen molar-refractivity contribution < 1.29 is 9.53 Å². The highest BCUT2D eigenvalue weighted by atomic mass is 32.2. The summed E-state index contributed by atoms with van der Waals surface area (Å²) >= 11 is 1.71. The summed E-state index contributed by atoms with van der Waals surface area (Å²) < 4.78 is 5.20. The van der Waals surface area contributed by atoms with E-state index in [1.807, 2.05) is 24.3 Å². The van der Waals surface area contributed by atoms with Crippen molar-refractivity contribution in [2.75, 3.05) is 20.4 Å². The number of hydrogen-bond acceptors (Lipinski definition) is 3. The molecule has 24 heavy (non-hydrogen) atoms. The first kappa shape index (κ1) is 18.4. The van der Waals surface area contributed by atoms with Crippen LogP contribution in [-0.2, 0) is 24.4 Å². The van der Waals surface area contributed by atoms with E-state index in [2.05, 4.69) is 35.8 Å². The first-order valence-electron chi connectivity index (χ1n) is 7.81. The molecule has 0 saturated heterocycles. The molecule has 0 aromatic heterocycles. The lowest BCUT2D eigenvalue weighted by Crippen LogP contribution is -2.36. The van der Waals surface area contributed by atoms with Gasteiger partial charge in [-0.05, 0) is 35.1 Å². The quantitative estimate of drug-likeness (QED) is 0.775. The molecule has 0 aliphatic carbocycles. The fourth-order valence-corrected chi connectivity index (χ4v) is 2.82. The molecule has 0 atom stereocenters. The Morgan fingerprint density at radius 2 is 1.79 bits per heavy atom. The number of urea groups is 1. The van der Waals surface area contributed by atoms with Crippen LogP contribution in [0.2, 0.25) is 0 Å². The molecular weight excluding hydrogens is 320 g/mol. The molecule has 4 nitrogen and oxygen atoms in total. The molecule has 0 fully saturated rings. The van der Waals surface area contributed by atoms with Crippen molar-refractivity contribution in [3.63, 3.8) is 0 Å². The molecule has 5 heteroatoms. The highest BCUT2D eigenvalue weighted by molar-refractivity contribution is 7.98. The number of thioether (sulfide) groups is 1. The second-order valence-electron chi connectivity index (χ2n) is 5.56. The van der Waals surface area contributed by atoms with E-state index >= 15 is 0 Å². The lowest BCUT2D eigenvalue weighted by molar-refractivity contribution is 0.183. The lowest BCUT2D eigenvalue weighted by Gasteiger charge is -2.19. The number of carbonyl (C=O) groups is 1. The summed E-state index contributed by atoms with van der Waals surface area (Å²) in [5, 5.41) is 2.97. The van der Waals surface area contributed by atoms with Crippen LogP contribution in [0.25, 0.3) is 0 Å². The van der Waals surface area contributed by atoms with E-state index in [1.54, 1.807) is 30.8 Å². The number of methoxy groups -OCH3 is 1. The van der Waals surface area contributed by atoms with Crippen molar-refractivity contribution in [2.45, 2.75) is 24.6 Å². The maximum Gasteiger partial charge on any atom is 0.317 e. The minimum Gasteiger partial charge on any atom is -0.380 e. The van der Waals surface area contributed by atoms with E-state index in [0.29, 0.717) is 19.7 Å². The van der Waals surface area contributed by atoms with Gasteiger partial charge >= 0.3 is 6.03 Å². The van der Waals surface area contributed by atoms with Crippen LogP contribution in [0.3, 0.4) is 0 Å². The topological polar surface area (TPSA) is 41.6 Å². The van der Waals surface area contributed by atoms with Crippen molar-refractivity contribution in [3.8, 4) is 0 Å². The normalized spacial score (nSPS) is 10.5. The Kier molecular flexibility index (Phi) is 7.15. The summed E-state index contributed by atoms with van der Waals surface area (Å²) in [5.41, 5.74) is 3.28. The Morgan fingerprint density at radius 1 is 1.12 bits per heavy atom. The zero-order valence-corrected chi connectivity index (χ0v) is 15.2. The first-order chi connectivity index (χ1) is 11.6. The fraction of sp³-hybridized carbons (Fsp3) is 0.316. The highest BCUT2D eigenvalue weighted by Gasteiger charge is 2.10. The summed E-state index contributed by atoms with van der Waals surface area (Å²) in [4.78, 5) is 15.2. The van der Waals surface area contributed by atoms with E-state index in [9.17, 15) is 4.79 Å². The monoisotopic (exact) mass is 344 g/mol. The van der Waals surface area contributed by atoms with Crippen LogP contribution >= 0.6 is 11.8 Å². The Balaban J connectivity index is 1.89. The van der Waals surface area contributed by atoms with Gasteiger partial charge in [0, 0.05) is 32.1 Å². The second-order valence-corrected chi connectivity index (χ2v) is 6.44. The molecule has 0 heterocycles. The highest BCUT2D eigenvalue weighted by Crippen LogP contribution is 2.15. The molecule has 0 bridgehead atoms. The molecule has 0 unspecified atom stereocenters. The Hall–Kier alpha value is -1.98. The summed E-state index contributed by atoms with van der Waals surface area (Å²) in [6, 6.07) is 16.2. The third kappa shape index (κ3) is 5.28. The van der Waals surface area contributed by atoms with Gasteiger partial charge in [-0.25, -0.2) is 4.79 Å². The van der Waals surface area contributed by atoms with Crippen LogP contribution in [0.1, 0.15) is 16.7 Å². The standard InChI is InChI=1S/C19H24N2O2S/c1-21(13-15-8-10-18(24-3)11-9-15)19(22)20-12-16-6-4-5-7-17(16)14-23-2/h4-11H,12-14H2,1-3H3,(H,20,22). The zero-order valence-electron chi connectivity index (χ0n) is 14.4.